The van der Waals surface area contributed by atoms with Crippen LogP contribution in [0.1, 0.15) is 64.4 Å². The minimum Gasteiger partial charge on any atom is -0.322 e. The van der Waals surface area contributed by atoms with Crippen molar-refractivity contribution in [2.45, 2.75) is 64.3 Å². The maximum absolute atomic E-state index is 12.9. The van der Waals surface area contributed by atoms with E-state index >= 15 is 0 Å². The first kappa shape index (κ1) is 15.2. The van der Waals surface area contributed by atoms with E-state index in [4.69, 9.17) is 5.73 Å². The summed E-state index contributed by atoms with van der Waals surface area (Å²) >= 11 is 0. The molecule has 0 saturated carbocycles. The molecule has 2 N–H and O–H groups in total. The van der Waals surface area contributed by atoms with Gasteiger partial charge in [-0.3, -0.25) is 0 Å². The van der Waals surface area contributed by atoms with Crippen molar-refractivity contribution in [2.24, 2.45) is 5.73 Å². The van der Waals surface area contributed by atoms with E-state index in [1.54, 1.807) is 12.1 Å². The third-order valence-electron chi connectivity index (χ3n) is 3.55. The molecule has 0 aliphatic carbocycles. The molecular formula is C16H26FN. The topological polar surface area (TPSA) is 26.0 Å². The number of halogens is 1. The zero-order valence-corrected chi connectivity index (χ0v) is 11.7. The van der Waals surface area contributed by atoms with Crippen molar-refractivity contribution in [3.63, 3.8) is 0 Å². The smallest absolute Gasteiger partial charge is 0.123 e. The maximum atomic E-state index is 12.9. The monoisotopic (exact) mass is 251 g/mol. The Kier molecular flexibility index (Phi) is 6.34. The summed E-state index contributed by atoms with van der Waals surface area (Å²) in [6, 6.07) is 6.57. The molecule has 18 heavy (non-hydrogen) atoms. The van der Waals surface area contributed by atoms with Crippen LogP contribution in [0, 0.1) is 5.82 Å². The molecule has 1 rings (SSSR count). The van der Waals surface area contributed by atoms with Crippen molar-refractivity contribution in [1.82, 2.24) is 0 Å². The Bertz CT molecular complexity index is 329. The van der Waals surface area contributed by atoms with Crippen LogP contribution < -0.4 is 5.73 Å². The molecule has 1 aromatic rings. The van der Waals surface area contributed by atoms with Gasteiger partial charge in [0.15, 0.2) is 0 Å². The van der Waals surface area contributed by atoms with Gasteiger partial charge in [0.05, 0.1) is 0 Å². The summed E-state index contributed by atoms with van der Waals surface area (Å²) in [6.45, 7) is 4.26. The predicted octanol–water partition coefficient (Wildman–Crippen LogP) is 4.75. The van der Waals surface area contributed by atoms with Gasteiger partial charge in [0.2, 0.25) is 0 Å². The molecule has 0 heterocycles. The molecule has 0 aromatic heterocycles. The van der Waals surface area contributed by atoms with E-state index in [1.165, 1.54) is 44.2 Å². The van der Waals surface area contributed by atoms with Gasteiger partial charge in [0.25, 0.3) is 0 Å². The Balaban J connectivity index is 2.33. The van der Waals surface area contributed by atoms with E-state index in [2.05, 4.69) is 6.92 Å². The highest BCUT2D eigenvalue weighted by Gasteiger charge is 2.20. The molecule has 0 amide bonds. The Labute approximate surface area is 111 Å². The Morgan fingerprint density at radius 1 is 1.00 bits per heavy atom. The van der Waals surface area contributed by atoms with E-state index in [1.807, 2.05) is 6.92 Å². The number of hydrogen-bond donors (Lipinski definition) is 1. The van der Waals surface area contributed by atoms with Crippen LogP contribution in [0.15, 0.2) is 24.3 Å². The molecule has 0 fully saturated rings. The quantitative estimate of drug-likeness (QED) is 0.663. The van der Waals surface area contributed by atoms with Crippen LogP contribution in [0.2, 0.25) is 0 Å². The second kappa shape index (κ2) is 7.52. The lowest BCUT2D eigenvalue weighted by Gasteiger charge is -2.25. The summed E-state index contributed by atoms with van der Waals surface area (Å²) in [5.41, 5.74) is 7.00. The molecular weight excluding hydrogens is 225 g/mol. The van der Waals surface area contributed by atoms with Crippen LogP contribution in [0.3, 0.4) is 0 Å². The second-order valence-electron chi connectivity index (χ2n) is 5.44. The molecule has 0 radical (unpaired) electrons. The van der Waals surface area contributed by atoms with E-state index < -0.39 is 0 Å². The highest BCUT2D eigenvalue weighted by Crippen LogP contribution is 2.24. The van der Waals surface area contributed by atoms with E-state index in [9.17, 15) is 4.39 Å². The molecule has 102 valence electrons. The third-order valence-corrected chi connectivity index (χ3v) is 3.55. The zero-order chi connectivity index (χ0) is 13.4. The lowest BCUT2D eigenvalue weighted by atomic mass is 9.87. The average molecular weight is 251 g/mol. The van der Waals surface area contributed by atoms with Crippen LogP contribution in [-0.2, 0) is 5.54 Å². The summed E-state index contributed by atoms with van der Waals surface area (Å²) < 4.78 is 12.9. The molecule has 0 bridgehead atoms. The van der Waals surface area contributed by atoms with Crippen LogP contribution in [0.4, 0.5) is 4.39 Å². The van der Waals surface area contributed by atoms with Crippen LogP contribution in [-0.4, -0.2) is 0 Å². The Morgan fingerprint density at radius 2 is 1.56 bits per heavy atom. The fourth-order valence-corrected chi connectivity index (χ4v) is 2.25. The first-order valence-corrected chi connectivity index (χ1v) is 7.11. The molecule has 0 saturated heterocycles. The van der Waals surface area contributed by atoms with Gasteiger partial charge in [-0.05, 0) is 31.0 Å². The van der Waals surface area contributed by atoms with Crippen LogP contribution >= 0.6 is 0 Å². The first-order chi connectivity index (χ1) is 8.56. The third kappa shape index (κ3) is 5.18. The summed E-state index contributed by atoms with van der Waals surface area (Å²) in [5.74, 6) is -0.200. The van der Waals surface area contributed by atoms with Crippen molar-refractivity contribution in [3.05, 3.63) is 35.6 Å². The normalized spacial score (nSPS) is 14.4. The zero-order valence-electron chi connectivity index (χ0n) is 11.7. The Hall–Kier alpha value is -0.890. The summed E-state index contributed by atoms with van der Waals surface area (Å²) in [7, 11) is 0. The van der Waals surface area contributed by atoms with Gasteiger partial charge >= 0.3 is 0 Å². The highest BCUT2D eigenvalue weighted by molar-refractivity contribution is 5.23. The number of rotatable bonds is 8. The van der Waals surface area contributed by atoms with Gasteiger partial charge < -0.3 is 5.73 Å². The maximum Gasteiger partial charge on any atom is 0.123 e. The Morgan fingerprint density at radius 3 is 2.17 bits per heavy atom. The predicted molar refractivity (Wildman–Crippen MR) is 75.9 cm³/mol. The molecule has 0 aliphatic heterocycles. The van der Waals surface area contributed by atoms with E-state index in [-0.39, 0.29) is 11.4 Å². The standard InChI is InChI=1S/C16H26FN/c1-3-4-5-6-7-8-13-16(2,18)14-9-11-15(17)12-10-14/h9-12H,3-8,13,18H2,1-2H3. The van der Waals surface area contributed by atoms with E-state index in [0.29, 0.717) is 0 Å². The number of benzene rings is 1. The van der Waals surface area contributed by atoms with Crippen molar-refractivity contribution in [2.75, 3.05) is 0 Å². The van der Waals surface area contributed by atoms with Crippen LogP contribution in [0.5, 0.6) is 0 Å². The van der Waals surface area contributed by atoms with Gasteiger partial charge in [0.1, 0.15) is 5.82 Å². The minimum atomic E-state index is -0.335. The summed E-state index contributed by atoms with van der Waals surface area (Å²) in [5, 5.41) is 0. The SMILES string of the molecule is CCCCCCCCC(C)(N)c1ccc(F)cc1. The lowest BCUT2D eigenvalue weighted by molar-refractivity contribution is 0.420. The molecule has 1 nitrogen and oxygen atoms in total. The second-order valence-corrected chi connectivity index (χ2v) is 5.44. The molecule has 0 spiro atoms. The molecule has 2 heteroatoms. The summed E-state index contributed by atoms with van der Waals surface area (Å²) in [6.07, 6.45) is 8.59. The largest absolute Gasteiger partial charge is 0.322 e. The summed E-state index contributed by atoms with van der Waals surface area (Å²) in [4.78, 5) is 0. The average Bonchev–Trinajstić information content (AvgIpc) is 2.34. The number of unbranched alkanes of at least 4 members (excludes halogenated alkanes) is 5. The molecule has 1 unspecified atom stereocenters. The van der Waals surface area contributed by atoms with Crippen molar-refractivity contribution >= 4 is 0 Å². The molecule has 0 aliphatic rings. The van der Waals surface area contributed by atoms with Gasteiger partial charge in [-0.2, -0.15) is 0 Å². The van der Waals surface area contributed by atoms with Crippen molar-refractivity contribution < 1.29 is 4.39 Å². The number of nitrogens with two attached hydrogens (primary N) is 1. The fraction of sp³-hybridized carbons (Fsp3) is 0.625. The molecule has 1 atom stereocenters. The van der Waals surface area contributed by atoms with Crippen molar-refractivity contribution in [1.29, 1.82) is 0 Å². The van der Waals surface area contributed by atoms with Gasteiger partial charge in [-0.1, -0.05) is 57.6 Å². The lowest BCUT2D eigenvalue weighted by Crippen LogP contribution is -2.32. The van der Waals surface area contributed by atoms with Crippen molar-refractivity contribution in [3.8, 4) is 0 Å². The van der Waals surface area contributed by atoms with Gasteiger partial charge in [-0.25, -0.2) is 4.39 Å². The van der Waals surface area contributed by atoms with E-state index in [0.717, 1.165) is 18.4 Å². The van der Waals surface area contributed by atoms with Gasteiger partial charge in [-0.15, -0.1) is 0 Å². The minimum absolute atomic E-state index is 0.200. The van der Waals surface area contributed by atoms with Crippen LogP contribution in [0.25, 0.3) is 0 Å². The fourth-order valence-electron chi connectivity index (χ4n) is 2.25. The highest BCUT2D eigenvalue weighted by atomic mass is 19.1. The molecule has 1 aromatic carbocycles. The number of hydrogen-bond acceptors (Lipinski definition) is 1. The van der Waals surface area contributed by atoms with Gasteiger partial charge in [0, 0.05) is 5.54 Å². The first-order valence-electron chi connectivity index (χ1n) is 7.11.